The number of carboxylic acid groups (broad SMARTS) is 1. The largest absolute Gasteiger partial charge is 0.479 e. The predicted molar refractivity (Wildman–Crippen MR) is 92.1 cm³/mol. The van der Waals surface area contributed by atoms with Crippen LogP contribution in [0.5, 0.6) is 0 Å². The van der Waals surface area contributed by atoms with Gasteiger partial charge in [-0.25, -0.2) is 4.79 Å². The third-order valence-corrected chi connectivity index (χ3v) is 4.80. The molecule has 1 atom stereocenters. The van der Waals surface area contributed by atoms with Gasteiger partial charge in [-0.05, 0) is 23.4 Å². The Morgan fingerprint density at radius 1 is 1.08 bits per heavy atom. The fourth-order valence-corrected chi connectivity index (χ4v) is 3.20. The van der Waals surface area contributed by atoms with Crippen molar-refractivity contribution in [2.24, 2.45) is 0 Å². The van der Waals surface area contributed by atoms with E-state index in [1.807, 2.05) is 0 Å². The molecule has 6 heteroatoms. The van der Waals surface area contributed by atoms with Crippen LogP contribution in [0.1, 0.15) is 41.4 Å². The van der Waals surface area contributed by atoms with E-state index in [2.05, 4.69) is 5.32 Å². The van der Waals surface area contributed by atoms with E-state index >= 15 is 0 Å². The highest BCUT2D eigenvalue weighted by Crippen LogP contribution is 2.26. The van der Waals surface area contributed by atoms with Gasteiger partial charge in [0.2, 0.25) is 5.91 Å². The van der Waals surface area contributed by atoms with E-state index in [0.717, 1.165) is 0 Å². The molecule has 24 heavy (non-hydrogen) atoms. The van der Waals surface area contributed by atoms with Gasteiger partial charge >= 0.3 is 5.97 Å². The van der Waals surface area contributed by atoms with Gasteiger partial charge in [-0.1, -0.05) is 43.3 Å². The van der Waals surface area contributed by atoms with Crippen LogP contribution in [0.15, 0.2) is 47.8 Å². The summed E-state index contributed by atoms with van der Waals surface area (Å²) in [6.07, 6.45) is 0.218. The van der Waals surface area contributed by atoms with E-state index in [1.54, 1.807) is 54.8 Å². The minimum absolute atomic E-state index is 0.0431. The molecule has 0 saturated heterocycles. The van der Waals surface area contributed by atoms with Gasteiger partial charge in [0.1, 0.15) is 0 Å². The summed E-state index contributed by atoms with van der Waals surface area (Å²) in [6, 6.07) is 12.1. The maximum atomic E-state index is 12.2. The highest BCUT2D eigenvalue weighted by atomic mass is 32.1. The van der Waals surface area contributed by atoms with Gasteiger partial charge in [0.25, 0.3) is 0 Å². The second kappa shape index (κ2) is 7.88. The van der Waals surface area contributed by atoms with Crippen molar-refractivity contribution in [3.05, 3.63) is 58.3 Å². The number of hydrogen-bond acceptors (Lipinski definition) is 4. The molecule has 1 aromatic heterocycles. The molecule has 126 valence electrons. The molecule has 0 fully saturated rings. The Hall–Kier alpha value is -2.47. The summed E-state index contributed by atoms with van der Waals surface area (Å²) < 4.78 is 0. The van der Waals surface area contributed by atoms with Crippen molar-refractivity contribution in [1.29, 1.82) is 0 Å². The Kier molecular flexibility index (Phi) is 5.87. The maximum Gasteiger partial charge on any atom is 0.334 e. The Labute approximate surface area is 144 Å². The molecule has 0 aliphatic rings. The van der Waals surface area contributed by atoms with E-state index in [9.17, 15) is 19.5 Å². The monoisotopic (exact) mass is 345 g/mol. The van der Waals surface area contributed by atoms with Crippen LogP contribution < -0.4 is 5.32 Å². The highest BCUT2D eigenvalue weighted by Gasteiger charge is 2.40. The first-order chi connectivity index (χ1) is 11.5. The number of aliphatic carboxylic acids is 1. The normalized spacial score (nSPS) is 13.0. The molecule has 2 N–H and O–H groups in total. The first kappa shape index (κ1) is 17.9. The molecule has 1 heterocycles. The summed E-state index contributed by atoms with van der Waals surface area (Å²) in [5, 5.41) is 14.1. The number of thiophene rings is 1. The molecule has 0 spiro atoms. The van der Waals surface area contributed by atoms with Crippen LogP contribution in [-0.4, -0.2) is 22.8 Å². The molecule has 0 bridgehead atoms. The number of hydrogen-bond donors (Lipinski definition) is 2. The lowest BCUT2D eigenvalue weighted by molar-refractivity contribution is -0.148. The molecule has 1 aromatic carbocycles. The van der Waals surface area contributed by atoms with Crippen LogP contribution >= 0.6 is 11.3 Å². The van der Waals surface area contributed by atoms with Gasteiger partial charge in [-0.3, -0.25) is 9.59 Å². The molecule has 5 nitrogen and oxygen atoms in total. The Morgan fingerprint density at radius 2 is 1.79 bits per heavy atom. The Balaban J connectivity index is 2.08. The van der Waals surface area contributed by atoms with Crippen LogP contribution in [-0.2, 0) is 15.1 Å². The van der Waals surface area contributed by atoms with Gasteiger partial charge < -0.3 is 10.4 Å². The lowest BCUT2D eigenvalue weighted by Crippen LogP contribution is -2.51. The first-order valence-corrected chi connectivity index (χ1v) is 8.54. The number of nitrogens with one attached hydrogen (secondary N) is 1. The number of rotatable bonds is 8. The predicted octanol–water partition coefficient (Wildman–Crippen LogP) is 3.22. The van der Waals surface area contributed by atoms with E-state index in [4.69, 9.17) is 0 Å². The average molecular weight is 345 g/mol. The number of Topliss-reactive ketones (excluding diaryl/α,β-unsaturated/α-hetero) is 1. The molecule has 2 aromatic rings. The fraction of sp³-hybridized carbons (Fsp3) is 0.278. The molecule has 0 aliphatic carbocycles. The zero-order valence-corrected chi connectivity index (χ0v) is 14.1. The Bertz CT molecular complexity index is 712. The minimum Gasteiger partial charge on any atom is -0.479 e. The van der Waals surface area contributed by atoms with Crippen LogP contribution in [0.3, 0.4) is 0 Å². The molecular weight excluding hydrogens is 326 g/mol. The molecule has 0 aliphatic heterocycles. The first-order valence-electron chi connectivity index (χ1n) is 7.66. The summed E-state index contributed by atoms with van der Waals surface area (Å²) in [7, 11) is 0. The zero-order chi connectivity index (χ0) is 17.6. The fourth-order valence-electron chi connectivity index (χ4n) is 2.50. The summed E-state index contributed by atoms with van der Waals surface area (Å²) in [4.78, 5) is 36.6. The van der Waals surface area contributed by atoms with Gasteiger partial charge in [-0.15, -0.1) is 11.3 Å². The van der Waals surface area contributed by atoms with Crippen LogP contribution in [0.4, 0.5) is 0 Å². The molecular formula is C18H19NO4S. The van der Waals surface area contributed by atoms with Crippen molar-refractivity contribution in [2.75, 3.05) is 0 Å². The van der Waals surface area contributed by atoms with Crippen LogP contribution in [0.2, 0.25) is 0 Å². The summed E-state index contributed by atoms with van der Waals surface area (Å²) in [6.45, 7) is 1.71. The van der Waals surface area contributed by atoms with Gasteiger partial charge in [-0.2, -0.15) is 0 Å². The number of amides is 1. The van der Waals surface area contributed by atoms with Gasteiger partial charge in [0.05, 0.1) is 4.88 Å². The number of carbonyl (C=O) groups excluding carboxylic acids is 2. The summed E-state index contributed by atoms with van der Waals surface area (Å²) >= 11 is 1.33. The van der Waals surface area contributed by atoms with E-state index in [0.29, 0.717) is 10.4 Å². The number of benzene rings is 1. The quantitative estimate of drug-likeness (QED) is 0.720. The Morgan fingerprint density at radius 3 is 2.33 bits per heavy atom. The van der Waals surface area contributed by atoms with Gasteiger partial charge in [0.15, 0.2) is 11.3 Å². The van der Waals surface area contributed by atoms with Crippen molar-refractivity contribution in [3.63, 3.8) is 0 Å². The molecule has 1 amide bonds. The zero-order valence-electron chi connectivity index (χ0n) is 13.3. The topological polar surface area (TPSA) is 83.5 Å². The number of ketones is 1. The maximum absolute atomic E-state index is 12.2. The standard InChI is InChI=1S/C18H19NO4S/c1-2-18(17(22)23,13-7-4-3-5-8-13)19-16(21)11-10-14(20)15-9-6-12-24-15/h3-9,12H,2,10-11H2,1H3,(H,19,21)(H,22,23). The minimum atomic E-state index is -1.48. The number of carboxylic acids is 1. The number of carbonyl (C=O) groups is 3. The van der Waals surface area contributed by atoms with Crippen molar-refractivity contribution in [2.45, 2.75) is 31.7 Å². The second-order valence-corrected chi connectivity index (χ2v) is 6.33. The third kappa shape index (κ3) is 3.89. The summed E-state index contributed by atoms with van der Waals surface area (Å²) in [5.74, 6) is -1.68. The van der Waals surface area contributed by atoms with E-state index < -0.39 is 17.4 Å². The van der Waals surface area contributed by atoms with E-state index in [-0.39, 0.29) is 25.0 Å². The second-order valence-electron chi connectivity index (χ2n) is 5.38. The molecule has 0 radical (unpaired) electrons. The lowest BCUT2D eigenvalue weighted by Gasteiger charge is -2.30. The highest BCUT2D eigenvalue weighted by molar-refractivity contribution is 7.12. The summed E-state index contributed by atoms with van der Waals surface area (Å²) in [5.41, 5.74) is -0.970. The molecule has 2 rings (SSSR count). The van der Waals surface area contributed by atoms with Gasteiger partial charge in [0, 0.05) is 12.8 Å². The lowest BCUT2D eigenvalue weighted by atomic mass is 9.87. The molecule has 0 saturated carbocycles. The van der Waals surface area contributed by atoms with E-state index in [1.165, 1.54) is 11.3 Å². The van der Waals surface area contributed by atoms with Crippen molar-refractivity contribution in [3.8, 4) is 0 Å². The van der Waals surface area contributed by atoms with Crippen molar-refractivity contribution >= 4 is 29.0 Å². The SMILES string of the molecule is CCC(NC(=O)CCC(=O)c1cccs1)(C(=O)O)c1ccccc1. The smallest absolute Gasteiger partial charge is 0.334 e. The van der Waals surface area contributed by atoms with Crippen molar-refractivity contribution in [1.82, 2.24) is 5.32 Å². The molecule has 1 unspecified atom stereocenters. The average Bonchev–Trinajstić information content (AvgIpc) is 3.12. The van der Waals surface area contributed by atoms with Crippen LogP contribution in [0.25, 0.3) is 0 Å². The van der Waals surface area contributed by atoms with Crippen LogP contribution in [0, 0.1) is 0 Å². The van der Waals surface area contributed by atoms with Crippen molar-refractivity contribution < 1.29 is 19.5 Å². The third-order valence-electron chi connectivity index (χ3n) is 3.89.